The van der Waals surface area contributed by atoms with Crippen LogP contribution in [0.4, 0.5) is 5.69 Å². The van der Waals surface area contributed by atoms with E-state index in [1.54, 1.807) is 0 Å². The highest BCUT2D eigenvalue weighted by atomic mass is 32.2. The molecule has 1 fully saturated rings. The minimum absolute atomic E-state index is 0.852. The Bertz CT molecular complexity index is 305. The maximum atomic E-state index is 3.43. The van der Waals surface area contributed by atoms with Crippen molar-refractivity contribution in [3.05, 3.63) is 24.3 Å². The first-order valence-electron chi connectivity index (χ1n) is 5.89. The first-order valence-corrected chi connectivity index (χ1v) is 6.77. The average molecular weight is 221 g/mol. The van der Waals surface area contributed by atoms with Crippen LogP contribution in [-0.2, 0) is 0 Å². The van der Waals surface area contributed by atoms with Gasteiger partial charge in [-0.25, -0.2) is 0 Å². The van der Waals surface area contributed by atoms with Crippen LogP contribution < -0.4 is 5.32 Å². The number of para-hydroxylation sites is 1. The first-order chi connectivity index (χ1) is 7.40. The fraction of sp³-hybridized carbons (Fsp3) is 0.538. The third-order valence-electron chi connectivity index (χ3n) is 2.85. The fourth-order valence-corrected chi connectivity index (χ4v) is 3.44. The predicted molar refractivity (Wildman–Crippen MR) is 68.7 cm³/mol. The van der Waals surface area contributed by atoms with Gasteiger partial charge in [0.1, 0.15) is 0 Å². The third kappa shape index (κ3) is 2.91. The van der Waals surface area contributed by atoms with Gasteiger partial charge in [-0.15, -0.1) is 11.8 Å². The zero-order valence-corrected chi connectivity index (χ0v) is 10.1. The summed E-state index contributed by atoms with van der Waals surface area (Å²) >= 11 is 2.06. The summed E-state index contributed by atoms with van der Waals surface area (Å²) in [6.45, 7) is 3.15. The highest BCUT2D eigenvalue weighted by Crippen LogP contribution is 2.37. The van der Waals surface area contributed by atoms with E-state index in [0.29, 0.717) is 0 Å². The summed E-state index contributed by atoms with van der Waals surface area (Å²) in [5.74, 6) is 0. The molecule has 0 atom stereocenters. The normalized spacial score (nSPS) is 16.9. The number of nitrogens with one attached hydrogen (secondary N) is 1. The minimum Gasteiger partial charge on any atom is -0.384 e. The van der Waals surface area contributed by atoms with Crippen molar-refractivity contribution in [3.63, 3.8) is 0 Å². The number of thioether (sulfide) groups is 1. The number of hydrogen-bond donors (Lipinski definition) is 1. The van der Waals surface area contributed by atoms with Gasteiger partial charge >= 0.3 is 0 Å². The van der Waals surface area contributed by atoms with Gasteiger partial charge in [0, 0.05) is 22.4 Å². The maximum Gasteiger partial charge on any atom is 0.0478 e. The van der Waals surface area contributed by atoms with Crippen LogP contribution >= 0.6 is 11.8 Å². The SMILES string of the molecule is CCNc1ccccc1SC1CCCC1. The van der Waals surface area contributed by atoms with Gasteiger partial charge in [0.05, 0.1) is 0 Å². The van der Waals surface area contributed by atoms with Gasteiger partial charge in [-0.2, -0.15) is 0 Å². The van der Waals surface area contributed by atoms with E-state index in [2.05, 4.69) is 48.3 Å². The largest absolute Gasteiger partial charge is 0.384 e. The lowest BCUT2D eigenvalue weighted by molar-refractivity contribution is 0.886. The molecule has 0 saturated heterocycles. The summed E-state index contributed by atoms with van der Waals surface area (Å²) in [7, 11) is 0. The molecule has 0 aromatic heterocycles. The Morgan fingerprint density at radius 2 is 2.00 bits per heavy atom. The van der Waals surface area contributed by atoms with E-state index in [4.69, 9.17) is 0 Å². The summed E-state index contributed by atoms with van der Waals surface area (Å²) in [5.41, 5.74) is 1.30. The second kappa shape index (κ2) is 5.45. The van der Waals surface area contributed by atoms with E-state index in [1.807, 2.05) is 0 Å². The number of hydrogen-bond acceptors (Lipinski definition) is 2. The molecule has 82 valence electrons. The van der Waals surface area contributed by atoms with Crippen molar-refractivity contribution < 1.29 is 0 Å². The van der Waals surface area contributed by atoms with Crippen LogP contribution in [0.15, 0.2) is 29.2 Å². The lowest BCUT2D eigenvalue weighted by Crippen LogP contribution is -2.00. The van der Waals surface area contributed by atoms with Crippen molar-refractivity contribution >= 4 is 17.4 Å². The van der Waals surface area contributed by atoms with Crippen molar-refractivity contribution in [3.8, 4) is 0 Å². The second-order valence-electron chi connectivity index (χ2n) is 4.05. The van der Waals surface area contributed by atoms with E-state index in [0.717, 1.165) is 11.8 Å². The summed E-state index contributed by atoms with van der Waals surface area (Å²) in [6.07, 6.45) is 5.62. The molecule has 0 spiro atoms. The molecule has 1 nitrogen and oxygen atoms in total. The van der Waals surface area contributed by atoms with Gasteiger partial charge in [-0.3, -0.25) is 0 Å². The monoisotopic (exact) mass is 221 g/mol. The Hall–Kier alpha value is -0.630. The summed E-state index contributed by atoms with van der Waals surface area (Å²) in [5, 5.41) is 4.28. The van der Waals surface area contributed by atoms with E-state index >= 15 is 0 Å². The van der Waals surface area contributed by atoms with Gasteiger partial charge < -0.3 is 5.32 Å². The molecular weight excluding hydrogens is 202 g/mol. The average Bonchev–Trinajstić information content (AvgIpc) is 2.74. The quantitative estimate of drug-likeness (QED) is 0.819. The van der Waals surface area contributed by atoms with Crippen molar-refractivity contribution in [2.24, 2.45) is 0 Å². The molecule has 0 unspecified atom stereocenters. The Morgan fingerprint density at radius 3 is 2.73 bits per heavy atom. The van der Waals surface area contributed by atoms with E-state index in [-0.39, 0.29) is 0 Å². The molecule has 1 saturated carbocycles. The molecule has 0 bridgehead atoms. The van der Waals surface area contributed by atoms with Crippen molar-refractivity contribution in [1.29, 1.82) is 0 Å². The lowest BCUT2D eigenvalue weighted by Gasteiger charge is -2.13. The zero-order chi connectivity index (χ0) is 10.5. The Kier molecular flexibility index (Phi) is 3.95. The molecule has 2 rings (SSSR count). The van der Waals surface area contributed by atoms with Gasteiger partial charge in [0.15, 0.2) is 0 Å². The molecule has 2 heteroatoms. The molecule has 0 heterocycles. The van der Waals surface area contributed by atoms with E-state index in [1.165, 1.54) is 36.3 Å². The van der Waals surface area contributed by atoms with Crippen LogP contribution in [-0.4, -0.2) is 11.8 Å². The van der Waals surface area contributed by atoms with Crippen LogP contribution in [0, 0.1) is 0 Å². The summed E-state index contributed by atoms with van der Waals surface area (Å²) < 4.78 is 0. The standard InChI is InChI=1S/C13H19NS/c1-2-14-12-9-5-6-10-13(12)15-11-7-3-4-8-11/h5-6,9-11,14H,2-4,7-8H2,1H3. The van der Waals surface area contributed by atoms with Gasteiger partial charge in [-0.05, 0) is 31.9 Å². The molecule has 15 heavy (non-hydrogen) atoms. The summed E-state index contributed by atoms with van der Waals surface area (Å²) in [4.78, 5) is 1.42. The number of rotatable bonds is 4. The van der Waals surface area contributed by atoms with Crippen molar-refractivity contribution in [2.75, 3.05) is 11.9 Å². The van der Waals surface area contributed by atoms with Gasteiger partial charge in [0.25, 0.3) is 0 Å². The third-order valence-corrected chi connectivity index (χ3v) is 4.26. The number of benzene rings is 1. The van der Waals surface area contributed by atoms with Crippen molar-refractivity contribution in [2.45, 2.75) is 42.8 Å². The topological polar surface area (TPSA) is 12.0 Å². The molecule has 1 aromatic rings. The predicted octanol–water partition coefficient (Wildman–Crippen LogP) is 4.15. The van der Waals surface area contributed by atoms with Gasteiger partial charge in [0.2, 0.25) is 0 Å². The molecule has 1 aliphatic rings. The highest BCUT2D eigenvalue weighted by Gasteiger charge is 2.17. The van der Waals surface area contributed by atoms with Crippen LogP contribution in [0.2, 0.25) is 0 Å². The van der Waals surface area contributed by atoms with E-state index in [9.17, 15) is 0 Å². The van der Waals surface area contributed by atoms with Crippen LogP contribution in [0.5, 0.6) is 0 Å². The lowest BCUT2D eigenvalue weighted by atomic mass is 10.3. The Morgan fingerprint density at radius 1 is 1.27 bits per heavy atom. The van der Waals surface area contributed by atoms with Crippen LogP contribution in [0.25, 0.3) is 0 Å². The highest BCUT2D eigenvalue weighted by molar-refractivity contribution is 8.00. The Labute approximate surface area is 96.7 Å². The molecule has 1 aliphatic carbocycles. The number of anilines is 1. The molecule has 1 N–H and O–H groups in total. The molecule has 0 aliphatic heterocycles. The van der Waals surface area contributed by atoms with Crippen LogP contribution in [0.3, 0.4) is 0 Å². The van der Waals surface area contributed by atoms with E-state index < -0.39 is 0 Å². The molecule has 0 radical (unpaired) electrons. The first kappa shape index (κ1) is 10.9. The zero-order valence-electron chi connectivity index (χ0n) is 9.33. The molecule has 0 amide bonds. The summed E-state index contributed by atoms with van der Waals surface area (Å²) in [6, 6.07) is 8.66. The second-order valence-corrected chi connectivity index (χ2v) is 5.39. The fourth-order valence-electron chi connectivity index (χ4n) is 2.09. The molecular formula is C13H19NS. The molecule has 1 aromatic carbocycles. The van der Waals surface area contributed by atoms with Crippen LogP contribution in [0.1, 0.15) is 32.6 Å². The minimum atomic E-state index is 0.852. The van der Waals surface area contributed by atoms with Crippen molar-refractivity contribution in [1.82, 2.24) is 0 Å². The maximum absolute atomic E-state index is 3.43. The Balaban J connectivity index is 2.05. The smallest absolute Gasteiger partial charge is 0.0478 e. The van der Waals surface area contributed by atoms with Gasteiger partial charge in [-0.1, -0.05) is 25.0 Å².